The Balaban J connectivity index is 1.98. The Hall–Kier alpha value is -1.34. The zero-order valence-electron chi connectivity index (χ0n) is 15.0. The predicted octanol–water partition coefficient (Wildman–Crippen LogP) is 6.70. The molecule has 2 unspecified atom stereocenters. The lowest BCUT2D eigenvalue weighted by Crippen LogP contribution is -1.86. The highest BCUT2D eigenvalue weighted by molar-refractivity contribution is 5.15. The van der Waals surface area contributed by atoms with Crippen molar-refractivity contribution in [3.8, 4) is 0 Å². The molecule has 0 aliphatic carbocycles. The summed E-state index contributed by atoms with van der Waals surface area (Å²) < 4.78 is 5.57. The van der Waals surface area contributed by atoms with E-state index in [1.165, 1.54) is 32.1 Å². The molecule has 0 bridgehead atoms. The van der Waals surface area contributed by atoms with Crippen LogP contribution in [0.2, 0.25) is 0 Å². The molecule has 0 amide bonds. The van der Waals surface area contributed by atoms with Gasteiger partial charge in [-0.1, -0.05) is 93.9 Å². The van der Waals surface area contributed by atoms with Crippen molar-refractivity contribution in [1.29, 1.82) is 0 Å². The maximum atomic E-state index is 5.57. The zero-order valence-corrected chi connectivity index (χ0v) is 15.0. The van der Waals surface area contributed by atoms with Crippen LogP contribution >= 0.6 is 0 Å². The largest absolute Gasteiger partial charge is 0.365 e. The molecule has 1 heteroatoms. The van der Waals surface area contributed by atoms with Gasteiger partial charge in [0.2, 0.25) is 0 Å². The first-order valence-corrected chi connectivity index (χ1v) is 9.34. The van der Waals surface area contributed by atoms with Crippen molar-refractivity contribution in [1.82, 2.24) is 0 Å². The van der Waals surface area contributed by atoms with Crippen LogP contribution in [0.3, 0.4) is 0 Å². The summed E-state index contributed by atoms with van der Waals surface area (Å²) in [5, 5.41) is 0. The lowest BCUT2D eigenvalue weighted by Gasteiger charge is -1.93. The quantitative estimate of drug-likeness (QED) is 0.159. The summed E-state index contributed by atoms with van der Waals surface area (Å²) in [6.45, 7) is 4.41. The number of hydrogen-bond donors (Lipinski definition) is 0. The third-order valence-corrected chi connectivity index (χ3v) is 3.83. The van der Waals surface area contributed by atoms with Gasteiger partial charge in [0.05, 0.1) is 6.10 Å². The molecular formula is C22H34O. The van der Waals surface area contributed by atoms with Crippen LogP contribution in [0.15, 0.2) is 60.8 Å². The van der Waals surface area contributed by atoms with Crippen molar-refractivity contribution in [3.63, 3.8) is 0 Å². The summed E-state index contributed by atoms with van der Waals surface area (Å²) in [5.74, 6) is 0. The van der Waals surface area contributed by atoms with Crippen LogP contribution in [-0.2, 0) is 4.74 Å². The maximum absolute atomic E-state index is 5.57. The minimum Gasteiger partial charge on any atom is -0.365 e. The molecule has 0 N–H and O–H groups in total. The van der Waals surface area contributed by atoms with Crippen LogP contribution in [0.1, 0.15) is 65.2 Å². The molecule has 128 valence electrons. The molecule has 23 heavy (non-hydrogen) atoms. The second kappa shape index (κ2) is 14.3. The summed E-state index contributed by atoms with van der Waals surface area (Å²) in [7, 11) is 0. The second-order valence-corrected chi connectivity index (χ2v) is 6.01. The van der Waals surface area contributed by atoms with Crippen molar-refractivity contribution in [2.75, 3.05) is 0 Å². The van der Waals surface area contributed by atoms with Crippen LogP contribution in [0.5, 0.6) is 0 Å². The van der Waals surface area contributed by atoms with Crippen molar-refractivity contribution in [2.45, 2.75) is 77.4 Å². The monoisotopic (exact) mass is 314 g/mol. The first-order chi connectivity index (χ1) is 11.4. The standard InChI is InChI=1S/C22H34O/c1-3-5-7-8-9-10-11-12-13-14-15-16-18-20-22-21(23-22)19-17-6-4-2/h6,10-11,13-18,20-22H,3-5,7-9,12,19H2,1-2H3/b11-10-,14-13-,16-15+,17-6-,20-18+. The van der Waals surface area contributed by atoms with Crippen molar-refractivity contribution in [3.05, 3.63) is 60.8 Å². The van der Waals surface area contributed by atoms with Crippen LogP contribution in [-0.4, -0.2) is 12.2 Å². The van der Waals surface area contributed by atoms with Gasteiger partial charge in [-0.05, 0) is 32.1 Å². The van der Waals surface area contributed by atoms with Gasteiger partial charge in [-0.25, -0.2) is 0 Å². The second-order valence-electron chi connectivity index (χ2n) is 6.01. The molecule has 0 aromatic heterocycles. The fraction of sp³-hybridized carbons (Fsp3) is 0.545. The van der Waals surface area contributed by atoms with Gasteiger partial charge in [0.25, 0.3) is 0 Å². The first kappa shape index (κ1) is 19.7. The molecule has 1 saturated heterocycles. The molecule has 1 aliphatic rings. The van der Waals surface area contributed by atoms with Gasteiger partial charge in [-0.2, -0.15) is 0 Å². The normalized spacial score (nSPS) is 21.8. The molecular weight excluding hydrogens is 280 g/mol. The van der Waals surface area contributed by atoms with E-state index in [-0.39, 0.29) is 0 Å². The number of epoxide rings is 1. The lowest BCUT2D eigenvalue weighted by atomic mass is 10.1. The number of hydrogen-bond acceptors (Lipinski definition) is 1. The van der Waals surface area contributed by atoms with Gasteiger partial charge in [0.1, 0.15) is 6.10 Å². The molecule has 1 nitrogen and oxygen atoms in total. The average Bonchev–Trinajstić information content (AvgIpc) is 3.30. The fourth-order valence-electron chi connectivity index (χ4n) is 2.35. The number of unbranched alkanes of at least 4 members (excludes halogenated alkanes) is 4. The third kappa shape index (κ3) is 11.8. The van der Waals surface area contributed by atoms with Gasteiger partial charge in [0, 0.05) is 0 Å². The van der Waals surface area contributed by atoms with E-state index < -0.39 is 0 Å². The molecule has 1 aliphatic heterocycles. The van der Waals surface area contributed by atoms with Gasteiger partial charge in [-0.3, -0.25) is 0 Å². The highest BCUT2D eigenvalue weighted by Crippen LogP contribution is 2.26. The Morgan fingerprint density at radius 2 is 1.65 bits per heavy atom. The highest BCUT2D eigenvalue weighted by atomic mass is 16.6. The number of allylic oxidation sites excluding steroid dienone is 8. The molecule has 0 saturated carbocycles. The first-order valence-electron chi connectivity index (χ1n) is 9.34. The Bertz CT molecular complexity index is 412. The van der Waals surface area contributed by atoms with E-state index in [1.54, 1.807) is 0 Å². The molecule has 0 aromatic rings. The van der Waals surface area contributed by atoms with E-state index in [1.807, 2.05) is 0 Å². The van der Waals surface area contributed by atoms with Crippen molar-refractivity contribution >= 4 is 0 Å². The summed E-state index contributed by atoms with van der Waals surface area (Å²) in [5.41, 5.74) is 0. The van der Waals surface area contributed by atoms with Crippen LogP contribution in [0, 0.1) is 0 Å². The van der Waals surface area contributed by atoms with Crippen molar-refractivity contribution in [2.24, 2.45) is 0 Å². The Morgan fingerprint density at radius 3 is 2.48 bits per heavy atom. The summed E-state index contributed by atoms with van der Waals surface area (Å²) in [6.07, 6.45) is 32.2. The van der Waals surface area contributed by atoms with E-state index in [4.69, 9.17) is 4.74 Å². The Kier molecular flexibility index (Phi) is 12.2. The fourth-order valence-corrected chi connectivity index (χ4v) is 2.35. The summed E-state index contributed by atoms with van der Waals surface area (Å²) in [6, 6.07) is 0. The topological polar surface area (TPSA) is 12.5 Å². The van der Waals surface area contributed by atoms with E-state index in [9.17, 15) is 0 Å². The molecule has 0 aromatic carbocycles. The van der Waals surface area contributed by atoms with Gasteiger partial charge in [0.15, 0.2) is 0 Å². The Morgan fingerprint density at radius 1 is 0.783 bits per heavy atom. The zero-order chi connectivity index (χ0) is 16.6. The molecule has 0 spiro atoms. The van der Waals surface area contributed by atoms with E-state index in [0.29, 0.717) is 12.2 Å². The smallest absolute Gasteiger partial charge is 0.103 e. The third-order valence-electron chi connectivity index (χ3n) is 3.83. The summed E-state index contributed by atoms with van der Waals surface area (Å²) >= 11 is 0. The molecule has 1 heterocycles. The summed E-state index contributed by atoms with van der Waals surface area (Å²) in [4.78, 5) is 0. The van der Waals surface area contributed by atoms with Crippen LogP contribution in [0.25, 0.3) is 0 Å². The van der Waals surface area contributed by atoms with E-state index >= 15 is 0 Å². The molecule has 0 radical (unpaired) electrons. The van der Waals surface area contributed by atoms with Crippen LogP contribution in [0.4, 0.5) is 0 Å². The van der Waals surface area contributed by atoms with Crippen LogP contribution < -0.4 is 0 Å². The predicted molar refractivity (Wildman–Crippen MR) is 103 cm³/mol. The molecule has 1 fully saturated rings. The minimum absolute atomic E-state index is 0.320. The highest BCUT2D eigenvalue weighted by Gasteiger charge is 2.34. The van der Waals surface area contributed by atoms with E-state index in [0.717, 1.165) is 19.3 Å². The van der Waals surface area contributed by atoms with Gasteiger partial charge in [-0.15, -0.1) is 0 Å². The Labute approximate surface area is 143 Å². The van der Waals surface area contributed by atoms with E-state index in [2.05, 4.69) is 74.6 Å². The SMILES string of the molecule is CC/C=C\CC1OC1/C=C/C=C/C=C\C/C=C\CCCCCC. The van der Waals surface area contributed by atoms with Gasteiger partial charge < -0.3 is 4.74 Å². The van der Waals surface area contributed by atoms with Crippen molar-refractivity contribution < 1.29 is 4.74 Å². The molecule has 2 atom stereocenters. The molecule has 1 rings (SSSR count). The maximum Gasteiger partial charge on any atom is 0.103 e. The number of rotatable bonds is 13. The average molecular weight is 315 g/mol. The minimum atomic E-state index is 0.320. The van der Waals surface area contributed by atoms with Gasteiger partial charge >= 0.3 is 0 Å². The lowest BCUT2D eigenvalue weighted by molar-refractivity contribution is 0.390. The number of ether oxygens (including phenoxy) is 1.